The number of aromatic nitrogens is 1. The molecule has 0 bridgehead atoms. The van der Waals surface area contributed by atoms with Crippen molar-refractivity contribution in [1.29, 1.82) is 0 Å². The molecule has 2 heterocycles. The van der Waals surface area contributed by atoms with Gasteiger partial charge in [-0.2, -0.15) is 0 Å². The highest BCUT2D eigenvalue weighted by Crippen LogP contribution is 2.18. The predicted molar refractivity (Wildman–Crippen MR) is 58.9 cm³/mol. The topological polar surface area (TPSA) is 28.2 Å². The molecular formula is C10H14ClN3. The molecule has 4 heteroatoms. The summed E-state index contributed by atoms with van der Waals surface area (Å²) in [6, 6.07) is 4.46. The van der Waals surface area contributed by atoms with E-state index in [1.54, 1.807) is 6.20 Å². The molecule has 0 radical (unpaired) electrons. The van der Waals surface area contributed by atoms with E-state index < -0.39 is 0 Å². The number of rotatable bonds is 1. The van der Waals surface area contributed by atoms with E-state index >= 15 is 0 Å². The average molecular weight is 212 g/mol. The quantitative estimate of drug-likeness (QED) is 0.715. The third-order valence-corrected chi connectivity index (χ3v) is 2.65. The normalized spacial score (nSPS) is 22.4. The highest BCUT2D eigenvalue weighted by Gasteiger charge is 2.15. The van der Waals surface area contributed by atoms with Crippen LogP contribution in [0.1, 0.15) is 6.92 Å². The monoisotopic (exact) mass is 211 g/mol. The molecule has 0 aromatic carbocycles. The lowest BCUT2D eigenvalue weighted by Gasteiger charge is -2.33. The van der Waals surface area contributed by atoms with Crippen LogP contribution < -0.4 is 10.2 Å². The largest absolute Gasteiger partial charge is 0.369 e. The van der Waals surface area contributed by atoms with E-state index in [4.69, 9.17) is 11.6 Å². The second-order valence-corrected chi connectivity index (χ2v) is 4.03. The number of nitrogens with zero attached hydrogens (tertiary/aromatic N) is 2. The molecule has 1 fully saturated rings. The van der Waals surface area contributed by atoms with Crippen molar-refractivity contribution in [3.05, 3.63) is 23.5 Å². The van der Waals surface area contributed by atoms with Crippen molar-refractivity contribution in [2.75, 3.05) is 24.5 Å². The molecule has 1 atom stereocenters. The van der Waals surface area contributed by atoms with E-state index in [0.29, 0.717) is 11.2 Å². The van der Waals surface area contributed by atoms with Crippen LogP contribution in [-0.2, 0) is 0 Å². The van der Waals surface area contributed by atoms with Gasteiger partial charge in [0, 0.05) is 37.6 Å². The van der Waals surface area contributed by atoms with Crippen molar-refractivity contribution in [3.63, 3.8) is 0 Å². The number of nitrogens with one attached hydrogen (secondary N) is 1. The summed E-state index contributed by atoms with van der Waals surface area (Å²) >= 11 is 5.85. The molecule has 0 aliphatic carbocycles. The lowest BCUT2D eigenvalue weighted by atomic mass is 10.2. The Morgan fingerprint density at radius 3 is 3.21 bits per heavy atom. The van der Waals surface area contributed by atoms with Gasteiger partial charge in [-0.1, -0.05) is 11.6 Å². The van der Waals surface area contributed by atoms with Gasteiger partial charge in [0.05, 0.1) is 0 Å². The van der Waals surface area contributed by atoms with E-state index in [0.717, 1.165) is 19.6 Å². The van der Waals surface area contributed by atoms with Crippen LogP contribution in [-0.4, -0.2) is 30.7 Å². The molecule has 2 rings (SSSR count). The summed E-state index contributed by atoms with van der Waals surface area (Å²) in [5.74, 6) is 0. The van der Waals surface area contributed by atoms with Crippen molar-refractivity contribution in [3.8, 4) is 0 Å². The first-order chi connectivity index (χ1) is 6.75. The first-order valence-corrected chi connectivity index (χ1v) is 5.23. The summed E-state index contributed by atoms with van der Waals surface area (Å²) in [7, 11) is 0. The maximum Gasteiger partial charge on any atom is 0.131 e. The highest BCUT2D eigenvalue weighted by atomic mass is 35.5. The Hall–Kier alpha value is -0.800. The molecule has 1 unspecified atom stereocenters. The Balaban J connectivity index is 2.14. The Bertz CT molecular complexity index is 316. The van der Waals surface area contributed by atoms with Gasteiger partial charge in [0.15, 0.2) is 0 Å². The minimum atomic E-state index is 0.538. The molecule has 0 amide bonds. The molecule has 1 aliphatic rings. The molecule has 76 valence electrons. The SMILES string of the molecule is CC1CN(c2ccnc(Cl)c2)CCN1. The second-order valence-electron chi connectivity index (χ2n) is 3.64. The van der Waals surface area contributed by atoms with E-state index in [2.05, 4.69) is 22.1 Å². The molecule has 0 saturated carbocycles. The molecule has 1 saturated heterocycles. The van der Waals surface area contributed by atoms with Crippen LogP contribution in [0.3, 0.4) is 0 Å². The first kappa shape index (κ1) is 9.74. The van der Waals surface area contributed by atoms with Gasteiger partial charge in [0.1, 0.15) is 5.15 Å². The average Bonchev–Trinajstić information content (AvgIpc) is 2.18. The zero-order valence-corrected chi connectivity index (χ0v) is 8.96. The molecule has 1 N–H and O–H groups in total. The van der Waals surface area contributed by atoms with Crippen LogP contribution in [0.25, 0.3) is 0 Å². The zero-order chi connectivity index (χ0) is 9.97. The van der Waals surface area contributed by atoms with Crippen LogP contribution in [0.15, 0.2) is 18.3 Å². The molecule has 1 aliphatic heterocycles. The van der Waals surface area contributed by atoms with Gasteiger partial charge >= 0.3 is 0 Å². The van der Waals surface area contributed by atoms with Gasteiger partial charge in [-0.3, -0.25) is 0 Å². The lowest BCUT2D eigenvalue weighted by molar-refractivity contribution is 0.485. The van der Waals surface area contributed by atoms with Crippen molar-refractivity contribution < 1.29 is 0 Å². The minimum absolute atomic E-state index is 0.538. The van der Waals surface area contributed by atoms with Gasteiger partial charge in [-0.05, 0) is 19.1 Å². The number of halogens is 1. The van der Waals surface area contributed by atoms with Crippen LogP contribution in [0, 0.1) is 0 Å². The summed E-state index contributed by atoms with van der Waals surface area (Å²) in [5.41, 5.74) is 1.17. The molecule has 1 aromatic rings. The summed E-state index contributed by atoms with van der Waals surface area (Å²) in [4.78, 5) is 6.30. The molecule has 14 heavy (non-hydrogen) atoms. The van der Waals surface area contributed by atoms with Gasteiger partial charge in [0.25, 0.3) is 0 Å². The van der Waals surface area contributed by atoms with Crippen LogP contribution in [0.2, 0.25) is 5.15 Å². The van der Waals surface area contributed by atoms with E-state index in [1.807, 2.05) is 12.1 Å². The first-order valence-electron chi connectivity index (χ1n) is 4.85. The summed E-state index contributed by atoms with van der Waals surface area (Å²) < 4.78 is 0. The summed E-state index contributed by atoms with van der Waals surface area (Å²) in [6.07, 6.45) is 1.75. The molecule has 0 spiro atoms. The van der Waals surface area contributed by atoms with Crippen molar-refractivity contribution in [2.24, 2.45) is 0 Å². The van der Waals surface area contributed by atoms with Crippen molar-refractivity contribution >= 4 is 17.3 Å². The molecule has 1 aromatic heterocycles. The number of hydrogen-bond acceptors (Lipinski definition) is 3. The number of piperazine rings is 1. The van der Waals surface area contributed by atoms with Crippen LogP contribution >= 0.6 is 11.6 Å². The van der Waals surface area contributed by atoms with Gasteiger partial charge in [-0.25, -0.2) is 4.98 Å². The fourth-order valence-corrected chi connectivity index (χ4v) is 1.92. The zero-order valence-electron chi connectivity index (χ0n) is 8.20. The Labute approximate surface area is 89.1 Å². The second kappa shape index (κ2) is 4.15. The predicted octanol–water partition coefficient (Wildman–Crippen LogP) is 1.53. The van der Waals surface area contributed by atoms with Crippen LogP contribution in [0.4, 0.5) is 5.69 Å². The van der Waals surface area contributed by atoms with Crippen molar-refractivity contribution in [1.82, 2.24) is 10.3 Å². The number of pyridine rings is 1. The summed E-state index contributed by atoms with van der Waals surface area (Å²) in [6.45, 7) is 5.28. The fraction of sp³-hybridized carbons (Fsp3) is 0.500. The Morgan fingerprint density at radius 1 is 1.64 bits per heavy atom. The van der Waals surface area contributed by atoms with E-state index in [1.165, 1.54) is 5.69 Å². The van der Waals surface area contributed by atoms with Gasteiger partial charge in [-0.15, -0.1) is 0 Å². The van der Waals surface area contributed by atoms with E-state index in [-0.39, 0.29) is 0 Å². The Kier molecular flexibility index (Phi) is 2.89. The molecular weight excluding hydrogens is 198 g/mol. The standard InChI is InChI=1S/C10H14ClN3/c1-8-7-14(5-4-12-8)9-2-3-13-10(11)6-9/h2-3,6,8,12H,4-5,7H2,1H3. The third kappa shape index (κ3) is 2.16. The lowest BCUT2D eigenvalue weighted by Crippen LogP contribution is -2.49. The highest BCUT2D eigenvalue weighted by molar-refractivity contribution is 6.29. The van der Waals surface area contributed by atoms with E-state index in [9.17, 15) is 0 Å². The molecule has 3 nitrogen and oxygen atoms in total. The number of anilines is 1. The van der Waals surface area contributed by atoms with Crippen molar-refractivity contribution in [2.45, 2.75) is 13.0 Å². The third-order valence-electron chi connectivity index (χ3n) is 2.44. The Morgan fingerprint density at radius 2 is 2.50 bits per heavy atom. The fourth-order valence-electron chi connectivity index (χ4n) is 1.76. The maximum atomic E-state index is 5.85. The van der Waals surface area contributed by atoms with Crippen LogP contribution in [0.5, 0.6) is 0 Å². The van der Waals surface area contributed by atoms with Gasteiger partial charge < -0.3 is 10.2 Å². The smallest absolute Gasteiger partial charge is 0.131 e. The minimum Gasteiger partial charge on any atom is -0.369 e. The van der Waals surface area contributed by atoms with Gasteiger partial charge in [0.2, 0.25) is 0 Å². The maximum absolute atomic E-state index is 5.85. The summed E-state index contributed by atoms with van der Waals surface area (Å²) in [5, 5.41) is 3.97. The number of hydrogen-bond donors (Lipinski definition) is 1.